The summed E-state index contributed by atoms with van der Waals surface area (Å²) in [5, 5.41) is 7.59. The molecule has 1 aromatic heterocycles. The van der Waals surface area contributed by atoms with Gasteiger partial charge in [-0.25, -0.2) is 4.99 Å². The quantitative estimate of drug-likeness (QED) is 0.632. The van der Waals surface area contributed by atoms with E-state index in [9.17, 15) is 0 Å². The van der Waals surface area contributed by atoms with Gasteiger partial charge in [0, 0.05) is 18.9 Å². The lowest BCUT2D eigenvalue weighted by Crippen LogP contribution is -2.24. The van der Waals surface area contributed by atoms with E-state index in [0.717, 1.165) is 28.7 Å². The minimum atomic E-state index is 0.410. The summed E-state index contributed by atoms with van der Waals surface area (Å²) in [5.41, 5.74) is 10.5. The van der Waals surface area contributed by atoms with Crippen molar-refractivity contribution in [3.63, 3.8) is 0 Å². The summed E-state index contributed by atoms with van der Waals surface area (Å²) in [4.78, 5) is 4.39. The minimum Gasteiger partial charge on any atom is -0.370 e. The molecule has 1 heterocycles. The van der Waals surface area contributed by atoms with Crippen molar-refractivity contribution in [3.8, 4) is 0 Å². The summed E-state index contributed by atoms with van der Waals surface area (Å²) in [6.45, 7) is 4.71. The molecule has 0 amide bonds. The van der Waals surface area contributed by atoms with E-state index in [1.54, 1.807) is 4.68 Å². The molecule has 0 saturated heterocycles. The second-order valence-electron chi connectivity index (χ2n) is 5.08. The molecular formula is C16H22BrN5. The molecular weight excluding hydrogens is 342 g/mol. The van der Waals surface area contributed by atoms with Gasteiger partial charge in [0.25, 0.3) is 0 Å². The van der Waals surface area contributed by atoms with Crippen LogP contribution in [0.4, 0.5) is 5.69 Å². The van der Waals surface area contributed by atoms with Crippen molar-refractivity contribution >= 4 is 27.6 Å². The van der Waals surface area contributed by atoms with E-state index in [-0.39, 0.29) is 0 Å². The maximum absolute atomic E-state index is 6.05. The van der Waals surface area contributed by atoms with Crippen LogP contribution in [-0.2, 0) is 26.4 Å². The van der Waals surface area contributed by atoms with E-state index < -0.39 is 0 Å². The van der Waals surface area contributed by atoms with Crippen LogP contribution in [0.1, 0.15) is 30.7 Å². The molecule has 0 atom stereocenters. The van der Waals surface area contributed by atoms with Gasteiger partial charge in [0.05, 0.1) is 16.7 Å². The van der Waals surface area contributed by atoms with Crippen molar-refractivity contribution in [2.75, 3.05) is 5.32 Å². The fourth-order valence-electron chi connectivity index (χ4n) is 2.34. The third kappa shape index (κ3) is 3.88. The smallest absolute Gasteiger partial charge is 0.193 e. The fraction of sp³-hybridized carbons (Fsp3) is 0.375. The lowest BCUT2D eigenvalue weighted by atomic mass is 10.0. The lowest BCUT2D eigenvalue weighted by Gasteiger charge is -2.14. The molecule has 1 aromatic carbocycles. The monoisotopic (exact) mass is 363 g/mol. The number of guanidine groups is 1. The van der Waals surface area contributed by atoms with Gasteiger partial charge in [-0.05, 0) is 39.9 Å². The van der Waals surface area contributed by atoms with E-state index in [1.807, 2.05) is 13.2 Å². The largest absolute Gasteiger partial charge is 0.370 e. The number of aliphatic imine (C=N–C) groups is 1. The maximum Gasteiger partial charge on any atom is 0.193 e. The van der Waals surface area contributed by atoms with Crippen LogP contribution in [0.25, 0.3) is 0 Å². The van der Waals surface area contributed by atoms with Gasteiger partial charge >= 0.3 is 0 Å². The Morgan fingerprint density at radius 3 is 2.45 bits per heavy atom. The number of nitrogens with one attached hydrogen (secondary N) is 1. The third-order valence-corrected chi connectivity index (χ3v) is 4.17. The number of benzene rings is 1. The van der Waals surface area contributed by atoms with E-state index in [0.29, 0.717) is 12.5 Å². The molecule has 22 heavy (non-hydrogen) atoms. The zero-order chi connectivity index (χ0) is 16.1. The van der Waals surface area contributed by atoms with Crippen LogP contribution in [0.3, 0.4) is 0 Å². The molecule has 0 bridgehead atoms. The summed E-state index contributed by atoms with van der Waals surface area (Å²) in [7, 11) is 1.88. The molecule has 0 spiro atoms. The highest BCUT2D eigenvalue weighted by molar-refractivity contribution is 9.10. The Labute approximate surface area is 139 Å². The average Bonchev–Trinajstić information content (AvgIpc) is 2.83. The molecule has 0 aliphatic carbocycles. The number of aryl methyl sites for hydroxylation is 3. The molecule has 118 valence electrons. The van der Waals surface area contributed by atoms with Crippen LogP contribution in [-0.4, -0.2) is 15.7 Å². The number of rotatable bonds is 5. The van der Waals surface area contributed by atoms with Gasteiger partial charge in [-0.3, -0.25) is 4.68 Å². The van der Waals surface area contributed by atoms with Crippen LogP contribution in [0.5, 0.6) is 0 Å². The van der Waals surface area contributed by atoms with E-state index in [4.69, 9.17) is 5.73 Å². The first-order chi connectivity index (χ1) is 10.5. The highest BCUT2D eigenvalue weighted by Crippen LogP contribution is 2.22. The molecule has 0 radical (unpaired) electrons. The van der Waals surface area contributed by atoms with Gasteiger partial charge in [0.2, 0.25) is 0 Å². The standard InChI is InChI=1S/C16H22BrN5/c1-4-11-7-6-8-12(5-2)15(11)20-16(18)19-9-14-13(17)10-22(3)21-14/h6-8,10H,4-5,9H2,1-3H3,(H3,18,19,20). The Bertz CT molecular complexity index is 653. The number of nitrogens with zero attached hydrogens (tertiary/aromatic N) is 3. The second kappa shape index (κ2) is 7.45. The van der Waals surface area contributed by atoms with Crippen molar-refractivity contribution in [1.82, 2.24) is 9.78 Å². The number of halogens is 1. The normalized spacial score (nSPS) is 11.7. The predicted molar refractivity (Wildman–Crippen MR) is 95.1 cm³/mol. The molecule has 2 rings (SSSR count). The van der Waals surface area contributed by atoms with Crippen molar-refractivity contribution < 1.29 is 0 Å². The molecule has 3 N–H and O–H groups in total. The molecule has 2 aromatic rings. The van der Waals surface area contributed by atoms with Gasteiger partial charge in [-0.1, -0.05) is 32.0 Å². The summed E-state index contributed by atoms with van der Waals surface area (Å²) >= 11 is 3.47. The number of hydrogen-bond acceptors (Lipinski definition) is 2. The number of aromatic nitrogens is 2. The van der Waals surface area contributed by atoms with Crippen LogP contribution in [0.2, 0.25) is 0 Å². The van der Waals surface area contributed by atoms with Crippen LogP contribution in [0.15, 0.2) is 33.9 Å². The molecule has 5 nitrogen and oxygen atoms in total. The SMILES string of the molecule is CCc1cccc(CC)c1NC(N)=NCc1nn(C)cc1Br. The molecule has 0 aliphatic rings. The molecule has 0 aliphatic heterocycles. The lowest BCUT2D eigenvalue weighted by molar-refractivity contribution is 0.743. The topological polar surface area (TPSA) is 68.2 Å². The molecule has 0 saturated carbocycles. The van der Waals surface area contributed by atoms with Crippen LogP contribution in [0, 0.1) is 0 Å². The van der Waals surface area contributed by atoms with Gasteiger partial charge in [-0.15, -0.1) is 0 Å². The van der Waals surface area contributed by atoms with Gasteiger partial charge in [-0.2, -0.15) is 5.10 Å². The third-order valence-electron chi connectivity index (χ3n) is 3.51. The Balaban J connectivity index is 2.16. The van der Waals surface area contributed by atoms with Crippen molar-refractivity contribution in [2.45, 2.75) is 33.2 Å². The summed E-state index contributed by atoms with van der Waals surface area (Å²) < 4.78 is 2.69. The first-order valence-corrected chi connectivity index (χ1v) is 8.20. The summed E-state index contributed by atoms with van der Waals surface area (Å²) in [6.07, 6.45) is 3.81. The van der Waals surface area contributed by atoms with Crippen LogP contribution >= 0.6 is 15.9 Å². The number of para-hydroxylation sites is 1. The minimum absolute atomic E-state index is 0.410. The van der Waals surface area contributed by atoms with Crippen molar-refractivity contribution in [1.29, 1.82) is 0 Å². The summed E-state index contributed by atoms with van der Waals surface area (Å²) in [5.74, 6) is 0.410. The Hall–Kier alpha value is -1.82. The fourth-order valence-corrected chi connectivity index (χ4v) is 2.84. The van der Waals surface area contributed by atoms with Gasteiger partial charge in [0.1, 0.15) is 0 Å². The van der Waals surface area contributed by atoms with E-state index in [2.05, 4.69) is 63.4 Å². The Morgan fingerprint density at radius 1 is 1.32 bits per heavy atom. The second-order valence-corrected chi connectivity index (χ2v) is 5.94. The van der Waals surface area contributed by atoms with Gasteiger partial charge in [0.15, 0.2) is 5.96 Å². The van der Waals surface area contributed by atoms with Crippen molar-refractivity contribution in [2.24, 2.45) is 17.8 Å². The first-order valence-electron chi connectivity index (χ1n) is 7.40. The number of hydrogen-bond donors (Lipinski definition) is 2. The number of anilines is 1. The van der Waals surface area contributed by atoms with Crippen LogP contribution < -0.4 is 11.1 Å². The molecule has 6 heteroatoms. The Kier molecular flexibility index (Phi) is 5.60. The van der Waals surface area contributed by atoms with Crippen molar-refractivity contribution in [3.05, 3.63) is 45.7 Å². The zero-order valence-electron chi connectivity index (χ0n) is 13.2. The van der Waals surface area contributed by atoms with Gasteiger partial charge < -0.3 is 11.1 Å². The highest BCUT2D eigenvalue weighted by atomic mass is 79.9. The average molecular weight is 364 g/mol. The van der Waals surface area contributed by atoms with E-state index >= 15 is 0 Å². The Morgan fingerprint density at radius 2 is 1.95 bits per heavy atom. The van der Waals surface area contributed by atoms with E-state index in [1.165, 1.54) is 11.1 Å². The zero-order valence-corrected chi connectivity index (χ0v) is 14.8. The molecule has 0 unspecified atom stereocenters. The summed E-state index contributed by atoms with van der Waals surface area (Å²) in [6, 6.07) is 6.31. The highest BCUT2D eigenvalue weighted by Gasteiger charge is 2.08. The number of nitrogens with two attached hydrogens (primary N) is 1. The maximum atomic E-state index is 6.05. The first kappa shape index (κ1) is 16.5. The molecule has 0 fully saturated rings. The predicted octanol–water partition coefficient (Wildman–Crippen LogP) is 3.23.